The van der Waals surface area contributed by atoms with Gasteiger partial charge in [0, 0.05) is 21.2 Å². The average Bonchev–Trinajstić information content (AvgIpc) is 2.39. The average molecular weight is 424 g/mol. The fourth-order valence-corrected chi connectivity index (χ4v) is 2.58. The van der Waals surface area contributed by atoms with Crippen molar-refractivity contribution in [3.8, 4) is 0 Å². The predicted octanol–water partition coefficient (Wildman–Crippen LogP) is 5.80. The lowest BCUT2D eigenvalue weighted by Gasteiger charge is -2.19. The fraction of sp³-hybridized carbons (Fsp3) is 0.214. The molecule has 2 nitrogen and oxygen atoms in total. The van der Waals surface area contributed by atoms with E-state index in [2.05, 4.69) is 42.2 Å². The minimum absolute atomic E-state index is 0.182. The van der Waals surface area contributed by atoms with Crippen molar-refractivity contribution in [3.05, 3.63) is 56.6 Å². The number of nitrogens with zero attached hydrogens (tertiary/aromatic N) is 1. The van der Waals surface area contributed by atoms with Crippen LogP contribution >= 0.6 is 31.9 Å². The molecule has 112 valence electrons. The highest BCUT2D eigenvalue weighted by Crippen LogP contribution is 2.36. The van der Waals surface area contributed by atoms with Crippen LogP contribution < -0.4 is 5.32 Å². The summed E-state index contributed by atoms with van der Waals surface area (Å²) in [5, 5.41) is 2.81. The van der Waals surface area contributed by atoms with Gasteiger partial charge in [-0.2, -0.15) is 13.2 Å². The van der Waals surface area contributed by atoms with E-state index in [1.165, 1.54) is 6.20 Å². The van der Waals surface area contributed by atoms with Crippen LogP contribution in [0.5, 0.6) is 0 Å². The molecule has 1 heterocycles. The molecule has 1 aromatic carbocycles. The van der Waals surface area contributed by atoms with Crippen molar-refractivity contribution in [1.82, 2.24) is 4.98 Å². The highest BCUT2D eigenvalue weighted by Gasteiger charge is 2.35. The quantitative estimate of drug-likeness (QED) is 0.674. The van der Waals surface area contributed by atoms with Crippen molar-refractivity contribution >= 4 is 37.7 Å². The Kier molecular flexibility index (Phi) is 4.93. The summed E-state index contributed by atoms with van der Waals surface area (Å²) in [6.45, 7) is 1.78. The molecule has 0 amide bonds. The van der Waals surface area contributed by atoms with Crippen LogP contribution in [-0.2, 0) is 6.18 Å². The number of hydrogen-bond donors (Lipinski definition) is 1. The molecular weight excluding hydrogens is 413 g/mol. The van der Waals surface area contributed by atoms with Gasteiger partial charge in [-0.25, -0.2) is 4.98 Å². The van der Waals surface area contributed by atoms with E-state index in [1.54, 1.807) is 6.92 Å². The minimum Gasteiger partial charge on any atom is -0.363 e. The first kappa shape index (κ1) is 16.3. The van der Waals surface area contributed by atoms with Gasteiger partial charge in [0.1, 0.15) is 5.82 Å². The number of benzene rings is 1. The van der Waals surface area contributed by atoms with E-state index in [1.807, 2.05) is 24.3 Å². The first-order chi connectivity index (χ1) is 9.77. The zero-order valence-electron chi connectivity index (χ0n) is 10.9. The molecule has 0 aliphatic rings. The second kappa shape index (κ2) is 6.36. The molecule has 0 saturated heterocycles. The van der Waals surface area contributed by atoms with Gasteiger partial charge >= 0.3 is 6.18 Å². The van der Waals surface area contributed by atoms with Gasteiger partial charge in [0.25, 0.3) is 0 Å². The van der Waals surface area contributed by atoms with Crippen molar-refractivity contribution in [2.45, 2.75) is 19.1 Å². The summed E-state index contributed by atoms with van der Waals surface area (Å²) in [5.41, 5.74) is 0.0703. The van der Waals surface area contributed by atoms with Crippen LogP contribution in [0.3, 0.4) is 0 Å². The van der Waals surface area contributed by atoms with Gasteiger partial charge in [-0.1, -0.05) is 28.1 Å². The van der Waals surface area contributed by atoms with E-state index in [9.17, 15) is 13.2 Å². The molecule has 1 atom stereocenters. The topological polar surface area (TPSA) is 24.9 Å². The number of hydrogen-bond acceptors (Lipinski definition) is 2. The molecule has 2 rings (SSSR count). The SMILES string of the molecule is CC(Nc1ncc(Br)cc1C(F)(F)F)c1cccc(Br)c1. The summed E-state index contributed by atoms with van der Waals surface area (Å²) in [4.78, 5) is 3.84. The van der Waals surface area contributed by atoms with Gasteiger partial charge < -0.3 is 5.32 Å². The fourth-order valence-electron chi connectivity index (χ4n) is 1.83. The minimum atomic E-state index is -4.46. The Bertz CT molecular complexity index is 644. The van der Waals surface area contributed by atoms with E-state index >= 15 is 0 Å². The van der Waals surface area contributed by atoms with Crippen LogP contribution in [0.25, 0.3) is 0 Å². The zero-order chi connectivity index (χ0) is 15.6. The second-order valence-corrected chi connectivity index (χ2v) is 6.30. The van der Waals surface area contributed by atoms with E-state index in [-0.39, 0.29) is 16.3 Å². The van der Waals surface area contributed by atoms with Crippen molar-refractivity contribution in [3.63, 3.8) is 0 Å². The third-order valence-electron chi connectivity index (χ3n) is 2.86. The number of alkyl halides is 3. The summed E-state index contributed by atoms with van der Waals surface area (Å²) in [6, 6.07) is 8.09. The Balaban J connectivity index is 2.31. The van der Waals surface area contributed by atoms with Gasteiger partial charge in [0.05, 0.1) is 5.56 Å². The molecule has 1 N–H and O–H groups in total. The van der Waals surface area contributed by atoms with Crippen LogP contribution in [0.2, 0.25) is 0 Å². The molecular formula is C14H11Br2F3N2. The molecule has 2 aromatic rings. The number of nitrogens with one attached hydrogen (secondary N) is 1. The highest BCUT2D eigenvalue weighted by molar-refractivity contribution is 9.10. The standard InChI is InChI=1S/C14H11Br2F3N2/c1-8(9-3-2-4-10(15)5-9)21-13-12(14(17,18)19)6-11(16)7-20-13/h2-8H,1H3,(H,20,21). The lowest BCUT2D eigenvalue weighted by molar-refractivity contribution is -0.137. The van der Waals surface area contributed by atoms with Gasteiger partial charge in [-0.05, 0) is 46.6 Å². The van der Waals surface area contributed by atoms with Gasteiger partial charge in [0.2, 0.25) is 0 Å². The summed E-state index contributed by atoms with van der Waals surface area (Å²) in [6.07, 6.45) is -3.12. The summed E-state index contributed by atoms with van der Waals surface area (Å²) in [5.74, 6) is -0.182. The molecule has 0 bridgehead atoms. The maximum absolute atomic E-state index is 13.0. The van der Waals surface area contributed by atoms with Crippen LogP contribution in [0, 0.1) is 0 Å². The van der Waals surface area contributed by atoms with Crippen LogP contribution in [0.4, 0.5) is 19.0 Å². The molecule has 0 fully saturated rings. The molecule has 1 aromatic heterocycles. The second-order valence-electron chi connectivity index (χ2n) is 4.47. The van der Waals surface area contributed by atoms with Crippen molar-refractivity contribution in [2.24, 2.45) is 0 Å². The number of rotatable bonds is 3. The van der Waals surface area contributed by atoms with E-state index in [4.69, 9.17) is 0 Å². The number of anilines is 1. The maximum Gasteiger partial charge on any atom is 0.419 e. The van der Waals surface area contributed by atoms with Crippen LogP contribution in [0.1, 0.15) is 24.1 Å². The lowest BCUT2D eigenvalue weighted by atomic mass is 10.1. The summed E-state index contributed by atoms with van der Waals surface area (Å²) >= 11 is 6.35. The Hall–Kier alpha value is -1.08. The Labute approximate surface area is 137 Å². The monoisotopic (exact) mass is 422 g/mol. The van der Waals surface area contributed by atoms with Crippen molar-refractivity contribution in [2.75, 3.05) is 5.32 Å². The molecule has 7 heteroatoms. The van der Waals surface area contributed by atoms with E-state index in [0.717, 1.165) is 16.1 Å². The third kappa shape index (κ3) is 4.20. The first-order valence-electron chi connectivity index (χ1n) is 6.02. The number of aromatic nitrogens is 1. The number of pyridine rings is 1. The van der Waals surface area contributed by atoms with Crippen LogP contribution in [0.15, 0.2) is 45.5 Å². The van der Waals surface area contributed by atoms with Gasteiger partial charge in [-0.3, -0.25) is 0 Å². The zero-order valence-corrected chi connectivity index (χ0v) is 14.1. The number of halogens is 5. The normalized spacial score (nSPS) is 13.0. The molecule has 0 spiro atoms. The molecule has 1 unspecified atom stereocenters. The molecule has 0 radical (unpaired) electrons. The predicted molar refractivity (Wildman–Crippen MR) is 83.1 cm³/mol. The Morgan fingerprint density at radius 3 is 2.48 bits per heavy atom. The van der Waals surface area contributed by atoms with Crippen molar-refractivity contribution < 1.29 is 13.2 Å². The lowest BCUT2D eigenvalue weighted by Crippen LogP contribution is -2.15. The van der Waals surface area contributed by atoms with E-state index in [0.29, 0.717) is 0 Å². The maximum atomic E-state index is 13.0. The molecule has 0 aliphatic carbocycles. The van der Waals surface area contributed by atoms with Crippen LogP contribution in [-0.4, -0.2) is 4.98 Å². The van der Waals surface area contributed by atoms with Crippen molar-refractivity contribution in [1.29, 1.82) is 0 Å². The third-order valence-corrected chi connectivity index (χ3v) is 3.79. The molecule has 0 aliphatic heterocycles. The Morgan fingerprint density at radius 1 is 1.14 bits per heavy atom. The first-order valence-corrected chi connectivity index (χ1v) is 7.60. The summed E-state index contributed by atoms with van der Waals surface area (Å²) in [7, 11) is 0. The van der Waals surface area contributed by atoms with E-state index < -0.39 is 11.7 Å². The molecule has 0 saturated carbocycles. The Morgan fingerprint density at radius 2 is 1.86 bits per heavy atom. The van der Waals surface area contributed by atoms with Gasteiger partial charge in [0.15, 0.2) is 0 Å². The van der Waals surface area contributed by atoms with Gasteiger partial charge in [-0.15, -0.1) is 0 Å². The molecule has 21 heavy (non-hydrogen) atoms. The summed E-state index contributed by atoms with van der Waals surface area (Å²) < 4.78 is 40.3. The largest absolute Gasteiger partial charge is 0.419 e. The highest BCUT2D eigenvalue weighted by atomic mass is 79.9. The smallest absolute Gasteiger partial charge is 0.363 e.